The van der Waals surface area contributed by atoms with E-state index in [1.165, 1.54) is 4.68 Å². The minimum absolute atomic E-state index is 0.236. The number of aromatic nitrogens is 4. The molecule has 2 aromatic carbocycles. The zero-order chi connectivity index (χ0) is 19.3. The highest BCUT2D eigenvalue weighted by molar-refractivity contribution is 6.24. The Balaban J connectivity index is 1.76. The maximum Gasteiger partial charge on any atom is 0.274 e. The fourth-order valence-corrected chi connectivity index (χ4v) is 2.77. The van der Waals surface area contributed by atoms with E-state index in [9.17, 15) is 4.79 Å². The molecule has 138 valence electrons. The average Bonchev–Trinajstić information content (AvgIpc) is 3.38. The minimum Gasteiger partial charge on any atom is -0.465 e. The lowest BCUT2D eigenvalue weighted by molar-refractivity contribution is -0.111. The molecule has 0 unspecified atom stereocenters. The molecule has 7 nitrogen and oxygen atoms in total. The molecule has 0 aliphatic rings. The van der Waals surface area contributed by atoms with Crippen molar-refractivity contribution in [2.75, 3.05) is 5.32 Å². The molecule has 1 amide bonds. The van der Waals surface area contributed by atoms with Gasteiger partial charge in [-0.25, -0.2) is 0 Å². The summed E-state index contributed by atoms with van der Waals surface area (Å²) in [6, 6.07) is 20.5. The molecule has 2 aromatic heterocycles. The molecule has 0 saturated heterocycles. The van der Waals surface area contributed by atoms with E-state index in [-0.39, 0.29) is 11.6 Å². The molecule has 0 saturated carbocycles. The van der Waals surface area contributed by atoms with Crippen LogP contribution in [-0.4, -0.2) is 26.1 Å². The van der Waals surface area contributed by atoms with E-state index in [4.69, 9.17) is 4.42 Å². The van der Waals surface area contributed by atoms with Gasteiger partial charge in [0.2, 0.25) is 0 Å². The molecular formula is C21H17N5O2. The number of furan rings is 1. The number of nitrogens with one attached hydrogen (secondary N) is 1. The summed E-state index contributed by atoms with van der Waals surface area (Å²) in [6.07, 6.45) is 3.15. The number of carbonyl (C=O) groups excluding carboxylic acids is 1. The summed E-state index contributed by atoms with van der Waals surface area (Å²) in [6.45, 7) is 1.96. The van der Waals surface area contributed by atoms with Gasteiger partial charge in [-0.3, -0.25) is 4.79 Å². The second-order valence-electron chi connectivity index (χ2n) is 6.15. The molecule has 0 atom stereocenters. The van der Waals surface area contributed by atoms with Crippen LogP contribution in [0.25, 0.3) is 23.2 Å². The van der Waals surface area contributed by atoms with E-state index in [0.29, 0.717) is 17.3 Å². The number of rotatable bonds is 5. The van der Waals surface area contributed by atoms with E-state index in [2.05, 4.69) is 20.8 Å². The van der Waals surface area contributed by atoms with Gasteiger partial charge in [0, 0.05) is 17.3 Å². The van der Waals surface area contributed by atoms with Crippen molar-refractivity contribution in [3.05, 3.63) is 84.3 Å². The second-order valence-corrected chi connectivity index (χ2v) is 6.15. The monoisotopic (exact) mass is 371 g/mol. The first-order chi connectivity index (χ1) is 13.7. The van der Waals surface area contributed by atoms with Crippen LogP contribution in [-0.2, 0) is 4.79 Å². The van der Waals surface area contributed by atoms with Crippen LogP contribution in [0.3, 0.4) is 0 Å². The Hall–Kier alpha value is -4.00. The molecule has 4 aromatic rings. The summed E-state index contributed by atoms with van der Waals surface area (Å²) in [5, 5.41) is 14.8. The van der Waals surface area contributed by atoms with Crippen LogP contribution < -0.4 is 5.32 Å². The highest BCUT2D eigenvalue weighted by Crippen LogP contribution is 2.22. The predicted octanol–water partition coefficient (Wildman–Crippen LogP) is 3.88. The Morgan fingerprint density at radius 3 is 2.68 bits per heavy atom. The average molecular weight is 371 g/mol. The van der Waals surface area contributed by atoms with Crippen molar-refractivity contribution in [1.29, 1.82) is 0 Å². The van der Waals surface area contributed by atoms with Gasteiger partial charge in [0.25, 0.3) is 5.91 Å². The maximum absolute atomic E-state index is 13.1. The molecule has 28 heavy (non-hydrogen) atoms. The molecule has 0 bridgehead atoms. The molecule has 0 fully saturated rings. The summed E-state index contributed by atoms with van der Waals surface area (Å²) in [5.41, 5.74) is 2.76. The number of anilines is 1. The van der Waals surface area contributed by atoms with Gasteiger partial charge in [-0.2, -0.15) is 4.68 Å². The highest BCUT2D eigenvalue weighted by atomic mass is 16.3. The SMILES string of the molecule is Cc1cccc(NC(=O)/C(=C\c2ccco2)n2nnnc2-c2ccccc2)c1. The third kappa shape index (κ3) is 3.73. The van der Waals surface area contributed by atoms with Crippen LogP contribution in [0.4, 0.5) is 5.69 Å². The molecule has 1 N–H and O–H groups in total. The number of tetrazole rings is 1. The van der Waals surface area contributed by atoms with Crippen LogP contribution in [0.1, 0.15) is 11.3 Å². The van der Waals surface area contributed by atoms with Crippen molar-refractivity contribution in [2.45, 2.75) is 6.92 Å². The largest absolute Gasteiger partial charge is 0.465 e. The number of hydrogen-bond acceptors (Lipinski definition) is 5. The Morgan fingerprint density at radius 1 is 1.07 bits per heavy atom. The number of amides is 1. The van der Waals surface area contributed by atoms with Gasteiger partial charge in [-0.1, -0.05) is 42.5 Å². The lowest BCUT2D eigenvalue weighted by Gasteiger charge is -2.11. The lowest BCUT2D eigenvalue weighted by Crippen LogP contribution is -2.19. The van der Waals surface area contributed by atoms with Gasteiger partial charge in [-0.15, -0.1) is 5.10 Å². The van der Waals surface area contributed by atoms with Gasteiger partial charge in [0.05, 0.1) is 6.26 Å². The minimum atomic E-state index is -0.355. The van der Waals surface area contributed by atoms with E-state index >= 15 is 0 Å². The van der Waals surface area contributed by atoms with E-state index in [0.717, 1.165) is 11.1 Å². The van der Waals surface area contributed by atoms with Gasteiger partial charge in [-0.05, 0) is 47.2 Å². The smallest absolute Gasteiger partial charge is 0.274 e. The molecular weight excluding hydrogens is 354 g/mol. The first-order valence-corrected chi connectivity index (χ1v) is 8.68. The third-order valence-electron chi connectivity index (χ3n) is 4.06. The van der Waals surface area contributed by atoms with Crippen molar-refractivity contribution in [1.82, 2.24) is 20.2 Å². The quantitative estimate of drug-likeness (QED) is 0.538. The van der Waals surface area contributed by atoms with Crippen LogP contribution in [0.2, 0.25) is 0 Å². The fourth-order valence-electron chi connectivity index (χ4n) is 2.77. The summed E-state index contributed by atoms with van der Waals surface area (Å²) in [5.74, 6) is 0.619. The number of hydrogen-bond donors (Lipinski definition) is 1. The zero-order valence-corrected chi connectivity index (χ0v) is 15.1. The Morgan fingerprint density at radius 2 is 1.93 bits per heavy atom. The van der Waals surface area contributed by atoms with Gasteiger partial charge in [0.1, 0.15) is 11.5 Å². The standard InChI is InChI=1S/C21H17N5O2/c1-15-7-5-10-17(13-15)22-21(27)19(14-18-11-6-12-28-18)26-20(23-24-25-26)16-8-3-2-4-9-16/h2-14H,1H3,(H,22,27)/b19-14+. The zero-order valence-electron chi connectivity index (χ0n) is 15.1. The Bertz CT molecular complexity index is 1110. The molecule has 0 spiro atoms. The van der Waals surface area contributed by atoms with Gasteiger partial charge >= 0.3 is 0 Å². The molecule has 0 radical (unpaired) electrons. The predicted molar refractivity (Wildman–Crippen MR) is 106 cm³/mol. The fraction of sp³-hybridized carbons (Fsp3) is 0.0476. The summed E-state index contributed by atoms with van der Waals surface area (Å²) in [4.78, 5) is 13.1. The first-order valence-electron chi connectivity index (χ1n) is 8.68. The molecule has 0 aliphatic carbocycles. The second kappa shape index (κ2) is 7.71. The molecule has 7 heteroatoms. The van der Waals surface area contributed by atoms with Crippen molar-refractivity contribution in [2.24, 2.45) is 0 Å². The molecule has 0 aliphatic heterocycles. The topological polar surface area (TPSA) is 85.8 Å². The van der Waals surface area contributed by atoms with Gasteiger partial charge in [0.15, 0.2) is 5.82 Å². The first kappa shape index (κ1) is 17.4. The van der Waals surface area contributed by atoms with E-state index in [1.807, 2.05) is 61.5 Å². The maximum atomic E-state index is 13.1. The van der Waals surface area contributed by atoms with Crippen molar-refractivity contribution >= 4 is 23.4 Å². The van der Waals surface area contributed by atoms with Gasteiger partial charge < -0.3 is 9.73 Å². The molecule has 4 rings (SSSR count). The summed E-state index contributed by atoms with van der Waals surface area (Å²) in [7, 11) is 0. The highest BCUT2D eigenvalue weighted by Gasteiger charge is 2.20. The Labute approximate surface area is 161 Å². The summed E-state index contributed by atoms with van der Waals surface area (Å²) < 4.78 is 6.79. The van der Waals surface area contributed by atoms with Crippen molar-refractivity contribution < 1.29 is 9.21 Å². The number of nitrogens with zero attached hydrogens (tertiary/aromatic N) is 4. The van der Waals surface area contributed by atoms with Crippen LogP contribution >= 0.6 is 0 Å². The van der Waals surface area contributed by atoms with Crippen molar-refractivity contribution in [3.63, 3.8) is 0 Å². The van der Waals surface area contributed by atoms with Crippen LogP contribution in [0.5, 0.6) is 0 Å². The van der Waals surface area contributed by atoms with Crippen LogP contribution in [0.15, 0.2) is 77.4 Å². The van der Waals surface area contributed by atoms with Crippen molar-refractivity contribution in [3.8, 4) is 11.4 Å². The van der Waals surface area contributed by atoms with Crippen LogP contribution in [0, 0.1) is 6.92 Å². The number of benzene rings is 2. The molecule has 2 heterocycles. The Kier molecular flexibility index (Phi) is 4.79. The van der Waals surface area contributed by atoms with E-state index < -0.39 is 0 Å². The van der Waals surface area contributed by atoms with E-state index in [1.54, 1.807) is 24.5 Å². The summed E-state index contributed by atoms with van der Waals surface area (Å²) >= 11 is 0. The lowest BCUT2D eigenvalue weighted by atomic mass is 10.2. The normalized spacial score (nSPS) is 11.4. The number of aryl methyl sites for hydroxylation is 1. The number of carbonyl (C=O) groups is 1. The third-order valence-corrected chi connectivity index (χ3v) is 4.06.